The Kier molecular flexibility index (Phi) is 14.0. The molecule has 46 heavy (non-hydrogen) atoms. The Hall–Kier alpha value is -4.49. The van der Waals surface area contributed by atoms with Crippen LogP contribution in [0.1, 0.15) is 82.8 Å². The Balaban J connectivity index is 0.000000255. The molecule has 0 radical (unpaired) electrons. The predicted molar refractivity (Wildman–Crippen MR) is 169 cm³/mol. The summed E-state index contributed by atoms with van der Waals surface area (Å²) in [4.78, 5) is 73.3. The highest BCUT2D eigenvalue weighted by Gasteiger charge is 2.38. The van der Waals surface area contributed by atoms with Crippen LogP contribution < -0.4 is 31.6 Å². The second-order valence-corrected chi connectivity index (χ2v) is 11.9. The third-order valence-corrected chi connectivity index (χ3v) is 8.44. The Morgan fingerprint density at radius 1 is 1.20 bits per heavy atom. The summed E-state index contributed by atoms with van der Waals surface area (Å²) in [5, 5.41) is 10.7. The van der Waals surface area contributed by atoms with Gasteiger partial charge in [-0.25, -0.2) is 4.98 Å². The Bertz CT molecular complexity index is 1400. The van der Waals surface area contributed by atoms with Gasteiger partial charge in [-0.1, -0.05) is 19.8 Å². The van der Waals surface area contributed by atoms with E-state index >= 15 is 0 Å². The number of hydrogen-bond acceptors (Lipinski definition) is 9. The number of rotatable bonds is 14. The SMILES string of the molecule is CC1CC2CCCC(C2)C1NC(=O)CCn1cccc(NC=O)c1=O.CCNC(=O)C(=O)CCC(C)NC(=O)c1ncc(OC)o1. The van der Waals surface area contributed by atoms with Crippen LogP contribution in [0.4, 0.5) is 5.69 Å². The fraction of sp³-hybridized carbons (Fsp3) is 0.594. The second kappa shape index (κ2) is 17.9. The van der Waals surface area contributed by atoms with Gasteiger partial charge < -0.3 is 35.0 Å². The smallest absolute Gasteiger partial charge is 0.307 e. The largest absolute Gasteiger partial charge is 0.467 e. The minimum atomic E-state index is -0.603. The molecule has 2 saturated carbocycles. The number of anilines is 1. The molecule has 14 heteroatoms. The zero-order chi connectivity index (χ0) is 33.6. The van der Waals surface area contributed by atoms with Crippen molar-refractivity contribution in [2.24, 2.45) is 17.8 Å². The molecular formula is C32H46N6O8. The quantitative estimate of drug-likeness (QED) is 0.177. The number of aromatic nitrogens is 2. The van der Waals surface area contributed by atoms with E-state index in [9.17, 15) is 28.8 Å². The van der Waals surface area contributed by atoms with Crippen molar-refractivity contribution in [2.45, 2.75) is 90.8 Å². The monoisotopic (exact) mass is 642 g/mol. The van der Waals surface area contributed by atoms with Gasteiger partial charge in [0.1, 0.15) is 11.9 Å². The molecule has 2 aliphatic carbocycles. The number of likely N-dealkylation sites (N-methyl/N-ethyl adjacent to an activating group) is 1. The highest BCUT2D eigenvalue weighted by Crippen LogP contribution is 2.42. The van der Waals surface area contributed by atoms with E-state index in [-0.39, 0.29) is 53.9 Å². The molecule has 2 bridgehead atoms. The van der Waals surface area contributed by atoms with Crippen LogP contribution in [-0.2, 0) is 25.7 Å². The lowest BCUT2D eigenvalue weighted by Crippen LogP contribution is -2.49. The van der Waals surface area contributed by atoms with Crippen LogP contribution in [0.2, 0.25) is 0 Å². The molecule has 2 heterocycles. The van der Waals surface area contributed by atoms with E-state index in [1.54, 1.807) is 32.2 Å². The molecule has 0 aliphatic heterocycles. The average molecular weight is 643 g/mol. The van der Waals surface area contributed by atoms with E-state index in [0.717, 1.165) is 5.92 Å². The van der Waals surface area contributed by atoms with Crippen molar-refractivity contribution in [3.05, 3.63) is 40.8 Å². The van der Waals surface area contributed by atoms with Gasteiger partial charge in [-0.2, -0.15) is 0 Å². The topological polar surface area (TPSA) is 191 Å². The standard InChI is InChI=1S/C19H27N3O3.C13H19N3O5/c1-13-10-14-4-2-5-15(11-14)18(13)21-17(24)7-9-22-8-3-6-16(19(22)25)20-12-23;1-4-14-11(18)9(17)6-5-8(2)16-12(19)13-15-7-10(20-3)21-13/h3,6,8,12-15,18H,2,4-5,7,9-11H2,1H3,(H,20,23)(H,21,24);7-8H,4-6H2,1-3H3,(H,14,18)(H,16,19). The number of amides is 4. The molecule has 5 unspecified atom stereocenters. The van der Waals surface area contributed by atoms with Crippen molar-refractivity contribution in [3.8, 4) is 5.95 Å². The molecule has 2 aliphatic rings. The van der Waals surface area contributed by atoms with Crippen LogP contribution in [0.15, 0.2) is 33.7 Å². The lowest BCUT2D eigenvalue weighted by molar-refractivity contribution is -0.137. The predicted octanol–water partition coefficient (Wildman–Crippen LogP) is 2.42. The van der Waals surface area contributed by atoms with Crippen LogP contribution in [0.3, 0.4) is 0 Å². The van der Waals surface area contributed by atoms with Gasteiger partial charge in [-0.3, -0.25) is 28.8 Å². The van der Waals surface area contributed by atoms with Gasteiger partial charge in [-0.05, 0) is 69.4 Å². The first-order valence-corrected chi connectivity index (χ1v) is 15.9. The number of carbonyl (C=O) groups is 5. The van der Waals surface area contributed by atoms with Gasteiger partial charge in [0.25, 0.3) is 17.4 Å². The maximum Gasteiger partial charge on any atom is 0.307 e. The number of nitrogens with one attached hydrogen (secondary N) is 4. The summed E-state index contributed by atoms with van der Waals surface area (Å²) in [6, 6.07) is 3.21. The maximum absolute atomic E-state index is 12.4. The van der Waals surface area contributed by atoms with Gasteiger partial charge in [0.15, 0.2) is 0 Å². The van der Waals surface area contributed by atoms with Crippen molar-refractivity contribution in [3.63, 3.8) is 0 Å². The minimum Gasteiger partial charge on any atom is -0.467 e. The first-order chi connectivity index (χ1) is 22.1. The van der Waals surface area contributed by atoms with Gasteiger partial charge in [0, 0.05) is 44.2 Å². The van der Waals surface area contributed by atoms with Gasteiger partial charge >= 0.3 is 11.9 Å². The van der Waals surface area contributed by atoms with Crippen LogP contribution in [-0.4, -0.2) is 65.2 Å². The molecule has 14 nitrogen and oxygen atoms in total. The van der Waals surface area contributed by atoms with Crippen LogP contribution in [0.25, 0.3) is 0 Å². The molecular weight excluding hydrogens is 596 g/mol. The van der Waals surface area contributed by atoms with E-state index in [4.69, 9.17) is 9.15 Å². The summed E-state index contributed by atoms with van der Waals surface area (Å²) in [5.41, 5.74) is -0.0596. The van der Waals surface area contributed by atoms with E-state index in [2.05, 4.69) is 33.2 Å². The molecule has 2 aromatic heterocycles. The molecule has 2 aromatic rings. The number of hydrogen-bond donors (Lipinski definition) is 4. The van der Waals surface area contributed by atoms with Crippen molar-refractivity contribution in [1.29, 1.82) is 0 Å². The highest BCUT2D eigenvalue weighted by atomic mass is 16.6. The van der Waals surface area contributed by atoms with Crippen LogP contribution in [0, 0.1) is 17.8 Å². The first kappa shape index (κ1) is 36.0. The Labute approximate surface area is 268 Å². The third kappa shape index (κ3) is 10.6. The summed E-state index contributed by atoms with van der Waals surface area (Å²) in [5.74, 6) is 0.383. The Morgan fingerprint density at radius 2 is 1.98 bits per heavy atom. The number of fused-ring (bicyclic) bond motifs is 2. The number of oxazole rings is 1. The summed E-state index contributed by atoms with van der Waals surface area (Å²) in [7, 11) is 1.40. The minimum absolute atomic E-state index is 0.00141. The normalized spacial score (nSPS) is 20.6. The fourth-order valence-electron chi connectivity index (χ4n) is 6.17. The van der Waals surface area contributed by atoms with Gasteiger partial charge in [-0.15, -0.1) is 0 Å². The number of pyridine rings is 1. The third-order valence-electron chi connectivity index (χ3n) is 8.44. The maximum atomic E-state index is 12.4. The molecule has 4 amide bonds. The van der Waals surface area contributed by atoms with Gasteiger partial charge in [0.2, 0.25) is 18.1 Å². The number of nitrogens with zero attached hydrogens (tertiary/aromatic N) is 2. The van der Waals surface area contributed by atoms with Crippen LogP contribution >= 0.6 is 0 Å². The van der Waals surface area contributed by atoms with Crippen molar-refractivity contribution < 1.29 is 33.1 Å². The number of ether oxygens (including phenoxy) is 1. The molecule has 2 fully saturated rings. The van der Waals surface area contributed by atoms with E-state index < -0.39 is 17.6 Å². The molecule has 4 N–H and O–H groups in total. The molecule has 4 rings (SSSR count). The number of ketones is 1. The fourth-order valence-corrected chi connectivity index (χ4v) is 6.17. The molecule has 252 valence electrons. The number of methoxy groups -OCH3 is 1. The molecule has 5 atom stereocenters. The zero-order valence-electron chi connectivity index (χ0n) is 27.0. The average Bonchev–Trinajstić information content (AvgIpc) is 3.53. The number of carbonyl (C=O) groups excluding carboxylic acids is 5. The summed E-state index contributed by atoms with van der Waals surface area (Å²) in [6.45, 7) is 6.42. The van der Waals surface area contributed by atoms with Crippen molar-refractivity contribution in [2.75, 3.05) is 19.0 Å². The molecule has 0 saturated heterocycles. The van der Waals surface area contributed by atoms with E-state index in [0.29, 0.717) is 37.8 Å². The number of aryl methyl sites for hydroxylation is 1. The first-order valence-electron chi connectivity index (χ1n) is 15.9. The number of Topliss-reactive ketones (excluding diaryl/α,β-unsaturated/α-hetero) is 1. The van der Waals surface area contributed by atoms with Crippen molar-refractivity contribution in [1.82, 2.24) is 25.5 Å². The second-order valence-electron chi connectivity index (χ2n) is 11.9. The lowest BCUT2D eigenvalue weighted by Gasteiger charge is -2.44. The zero-order valence-corrected chi connectivity index (χ0v) is 27.0. The Morgan fingerprint density at radius 3 is 2.67 bits per heavy atom. The molecule has 0 spiro atoms. The van der Waals surface area contributed by atoms with Gasteiger partial charge in [0.05, 0.1) is 7.11 Å². The summed E-state index contributed by atoms with van der Waals surface area (Å²) < 4.78 is 11.3. The summed E-state index contributed by atoms with van der Waals surface area (Å²) >= 11 is 0. The van der Waals surface area contributed by atoms with E-state index in [1.807, 2.05) is 0 Å². The molecule has 0 aromatic carbocycles. The van der Waals surface area contributed by atoms with Crippen LogP contribution in [0.5, 0.6) is 5.95 Å². The summed E-state index contributed by atoms with van der Waals surface area (Å²) in [6.07, 6.45) is 10.4. The lowest BCUT2D eigenvalue weighted by atomic mass is 9.65. The van der Waals surface area contributed by atoms with Crippen molar-refractivity contribution >= 4 is 35.6 Å². The van der Waals surface area contributed by atoms with E-state index in [1.165, 1.54) is 50.0 Å². The highest BCUT2D eigenvalue weighted by molar-refractivity contribution is 6.36.